The molecule has 0 unspecified atom stereocenters. The zero-order chi connectivity index (χ0) is 12.3. The lowest BCUT2D eigenvalue weighted by Gasteiger charge is -2.37. The molecule has 0 spiro atoms. The molecule has 1 N–H and O–H groups in total. The van der Waals surface area contributed by atoms with Crippen LogP contribution in [0.1, 0.15) is 46.5 Å². The maximum atomic E-state index is 11.5. The number of carbonyl (C=O) groups excluding carboxylic acids is 1. The molecule has 94 valence electrons. The highest BCUT2D eigenvalue weighted by molar-refractivity contribution is 5.73. The Morgan fingerprint density at radius 3 is 2.00 bits per heavy atom. The molecule has 0 aliphatic heterocycles. The van der Waals surface area contributed by atoms with Crippen molar-refractivity contribution in [3.8, 4) is 0 Å². The van der Waals surface area contributed by atoms with Gasteiger partial charge in [-0.05, 0) is 37.0 Å². The monoisotopic (exact) mass is 226 g/mol. The van der Waals surface area contributed by atoms with Gasteiger partial charge in [0, 0.05) is 20.1 Å². The Bertz CT molecular complexity index is 235. The Balaban J connectivity index is 2.35. The van der Waals surface area contributed by atoms with E-state index < -0.39 is 0 Å². The van der Waals surface area contributed by atoms with Crippen LogP contribution in [-0.2, 0) is 0 Å². The van der Waals surface area contributed by atoms with Crippen LogP contribution < -0.4 is 5.32 Å². The third-order valence-corrected chi connectivity index (χ3v) is 3.69. The molecule has 0 heterocycles. The smallest absolute Gasteiger partial charge is 0.317 e. The van der Waals surface area contributed by atoms with Gasteiger partial charge in [-0.1, -0.05) is 20.8 Å². The second-order valence-electron chi connectivity index (χ2n) is 6.26. The number of urea groups is 1. The van der Waals surface area contributed by atoms with Crippen LogP contribution in [0.4, 0.5) is 4.79 Å². The summed E-state index contributed by atoms with van der Waals surface area (Å²) in [5.74, 6) is 0.806. The van der Waals surface area contributed by atoms with Crippen LogP contribution in [0.25, 0.3) is 0 Å². The van der Waals surface area contributed by atoms with E-state index in [0.29, 0.717) is 11.5 Å². The first-order chi connectivity index (χ1) is 7.30. The SMILES string of the molecule is CN(C)C(=O)NC1CCC(C(C)(C)C)CC1. The summed E-state index contributed by atoms with van der Waals surface area (Å²) in [6, 6.07) is 0.424. The van der Waals surface area contributed by atoms with Crippen molar-refractivity contribution >= 4 is 6.03 Å². The maximum absolute atomic E-state index is 11.5. The van der Waals surface area contributed by atoms with Gasteiger partial charge in [-0.2, -0.15) is 0 Å². The van der Waals surface area contributed by atoms with Crippen LogP contribution in [0, 0.1) is 11.3 Å². The predicted octanol–water partition coefficient (Wildman–Crippen LogP) is 2.86. The van der Waals surface area contributed by atoms with Crippen LogP contribution in [-0.4, -0.2) is 31.1 Å². The van der Waals surface area contributed by atoms with Gasteiger partial charge in [-0.25, -0.2) is 4.79 Å². The summed E-state index contributed by atoms with van der Waals surface area (Å²) in [7, 11) is 3.58. The Kier molecular flexibility index (Phi) is 4.22. The minimum Gasteiger partial charge on any atom is -0.335 e. The van der Waals surface area contributed by atoms with E-state index in [4.69, 9.17) is 0 Å². The standard InChI is InChI=1S/C13H26N2O/c1-13(2,3)10-6-8-11(9-7-10)14-12(16)15(4)5/h10-11H,6-9H2,1-5H3,(H,14,16). The second-order valence-corrected chi connectivity index (χ2v) is 6.26. The first kappa shape index (κ1) is 13.3. The summed E-state index contributed by atoms with van der Waals surface area (Å²) >= 11 is 0. The number of rotatable bonds is 1. The lowest BCUT2D eigenvalue weighted by molar-refractivity contribution is 0.156. The van der Waals surface area contributed by atoms with E-state index >= 15 is 0 Å². The van der Waals surface area contributed by atoms with Crippen LogP contribution in [0.5, 0.6) is 0 Å². The number of hydrogen-bond acceptors (Lipinski definition) is 1. The lowest BCUT2D eigenvalue weighted by Crippen LogP contribution is -2.43. The fourth-order valence-electron chi connectivity index (χ4n) is 2.41. The molecule has 1 aliphatic carbocycles. The second kappa shape index (κ2) is 5.07. The third kappa shape index (κ3) is 3.69. The summed E-state index contributed by atoms with van der Waals surface area (Å²) in [5.41, 5.74) is 0.413. The van der Waals surface area contributed by atoms with Crippen LogP contribution in [0.15, 0.2) is 0 Å². The van der Waals surface area contributed by atoms with Gasteiger partial charge in [0.1, 0.15) is 0 Å². The highest BCUT2D eigenvalue weighted by Gasteiger charge is 2.30. The number of nitrogens with zero attached hydrogens (tertiary/aromatic N) is 1. The molecule has 1 rings (SSSR count). The molecular formula is C13H26N2O. The van der Waals surface area contributed by atoms with E-state index in [0.717, 1.165) is 18.8 Å². The van der Waals surface area contributed by atoms with Crippen LogP contribution in [0.3, 0.4) is 0 Å². The molecule has 0 radical (unpaired) electrons. The molecule has 0 saturated heterocycles. The maximum Gasteiger partial charge on any atom is 0.317 e. The van der Waals surface area contributed by atoms with Crippen molar-refractivity contribution in [2.24, 2.45) is 11.3 Å². The lowest BCUT2D eigenvalue weighted by atomic mass is 9.71. The van der Waals surface area contributed by atoms with Gasteiger partial charge in [0.25, 0.3) is 0 Å². The molecule has 2 amide bonds. The molecule has 0 aromatic rings. The molecular weight excluding hydrogens is 200 g/mol. The van der Waals surface area contributed by atoms with E-state index in [1.54, 1.807) is 19.0 Å². The number of amides is 2. The van der Waals surface area contributed by atoms with Gasteiger partial charge < -0.3 is 10.2 Å². The van der Waals surface area contributed by atoms with E-state index in [2.05, 4.69) is 26.1 Å². The zero-order valence-corrected chi connectivity index (χ0v) is 11.3. The van der Waals surface area contributed by atoms with E-state index in [1.165, 1.54) is 12.8 Å². The normalized spacial score (nSPS) is 26.3. The fraction of sp³-hybridized carbons (Fsp3) is 0.923. The van der Waals surface area contributed by atoms with Gasteiger partial charge in [0.15, 0.2) is 0 Å². The Morgan fingerprint density at radius 2 is 1.62 bits per heavy atom. The summed E-state index contributed by atoms with van der Waals surface area (Å²) in [5, 5.41) is 3.08. The van der Waals surface area contributed by atoms with E-state index in [-0.39, 0.29) is 6.03 Å². The van der Waals surface area contributed by atoms with E-state index in [1.807, 2.05) is 0 Å². The van der Waals surface area contributed by atoms with Crippen molar-refractivity contribution in [3.05, 3.63) is 0 Å². The van der Waals surface area contributed by atoms with Crippen LogP contribution in [0.2, 0.25) is 0 Å². The summed E-state index contributed by atoms with van der Waals surface area (Å²) in [6.45, 7) is 6.95. The van der Waals surface area contributed by atoms with Crippen molar-refractivity contribution in [2.75, 3.05) is 14.1 Å². The van der Waals surface area contributed by atoms with Gasteiger partial charge in [0.05, 0.1) is 0 Å². The van der Waals surface area contributed by atoms with Gasteiger partial charge in [-0.3, -0.25) is 0 Å². The number of carbonyl (C=O) groups is 1. The summed E-state index contributed by atoms with van der Waals surface area (Å²) in [4.78, 5) is 13.1. The predicted molar refractivity (Wildman–Crippen MR) is 67.4 cm³/mol. The third-order valence-electron chi connectivity index (χ3n) is 3.69. The average molecular weight is 226 g/mol. The Labute approximate surface area is 99.6 Å². The quantitative estimate of drug-likeness (QED) is 0.732. The molecule has 0 bridgehead atoms. The highest BCUT2D eigenvalue weighted by Crippen LogP contribution is 2.37. The zero-order valence-electron chi connectivity index (χ0n) is 11.3. The molecule has 0 aromatic heterocycles. The molecule has 16 heavy (non-hydrogen) atoms. The van der Waals surface area contributed by atoms with Crippen molar-refractivity contribution in [2.45, 2.75) is 52.5 Å². The summed E-state index contributed by atoms with van der Waals surface area (Å²) < 4.78 is 0. The van der Waals surface area contributed by atoms with Crippen molar-refractivity contribution < 1.29 is 4.79 Å². The van der Waals surface area contributed by atoms with Gasteiger partial charge in [-0.15, -0.1) is 0 Å². The topological polar surface area (TPSA) is 32.3 Å². The van der Waals surface area contributed by atoms with Crippen molar-refractivity contribution in [1.29, 1.82) is 0 Å². The van der Waals surface area contributed by atoms with Gasteiger partial charge in [0.2, 0.25) is 0 Å². The minimum atomic E-state index is 0.0409. The van der Waals surface area contributed by atoms with Crippen LogP contribution >= 0.6 is 0 Å². The molecule has 0 atom stereocenters. The van der Waals surface area contributed by atoms with Crippen molar-refractivity contribution in [1.82, 2.24) is 10.2 Å². The Morgan fingerprint density at radius 1 is 1.12 bits per heavy atom. The number of hydrogen-bond donors (Lipinski definition) is 1. The van der Waals surface area contributed by atoms with Gasteiger partial charge >= 0.3 is 6.03 Å². The Hall–Kier alpha value is -0.730. The van der Waals surface area contributed by atoms with Crippen molar-refractivity contribution in [3.63, 3.8) is 0 Å². The summed E-state index contributed by atoms with van der Waals surface area (Å²) in [6.07, 6.45) is 4.73. The first-order valence-electron chi connectivity index (χ1n) is 6.28. The molecule has 1 saturated carbocycles. The van der Waals surface area contributed by atoms with E-state index in [9.17, 15) is 4.79 Å². The largest absolute Gasteiger partial charge is 0.335 e. The molecule has 1 fully saturated rings. The number of nitrogens with one attached hydrogen (secondary N) is 1. The first-order valence-corrected chi connectivity index (χ1v) is 6.28. The fourth-order valence-corrected chi connectivity index (χ4v) is 2.41. The molecule has 3 heteroatoms. The minimum absolute atomic E-state index is 0.0409. The molecule has 1 aliphatic rings. The highest BCUT2D eigenvalue weighted by atomic mass is 16.2. The average Bonchev–Trinajstić information content (AvgIpc) is 2.17. The molecule has 0 aromatic carbocycles. The molecule has 3 nitrogen and oxygen atoms in total.